The number of aliphatic carboxylic acids is 1. The van der Waals surface area contributed by atoms with Gasteiger partial charge in [-0.25, -0.2) is 9.18 Å². The van der Waals surface area contributed by atoms with E-state index in [-0.39, 0.29) is 18.0 Å². The minimum Gasteiger partial charge on any atom is -0.497 e. The van der Waals surface area contributed by atoms with Gasteiger partial charge in [0.1, 0.15) is 23.2 Å². The van der Waals surface area contributed by atoms with Gasteiger partial charge in [0.15, 0.2) is 5.76 Å². The van der Waals surface area contributed by atoms with E-state index in [0.29, 0.717) is 22.3 Å². The number of carbonyl (C=O) groups is 2. The lowest BCUT2D eigenvalue weighted by molar-refractivity contribution is -0.139. The van der Waals surface area contributed by atoms with Gasteiger partial charge in [0.2, 0.25) is 0 Å². The summed E-state index contributed by atoms with van der Waals surface area (Å²) in [6, 6.07) is 18.8. The van der Waals surface area contributed by atoms with Crippen LogP contribution < -0.4 is 10.1 Å². The fraction of sp³-hybridized carbons (Fsp3) is 0.120. The number of hydrogen-bond acceptors (Lipinski definition) is 4. The van der Waals surface area contributed by atoms with E-state index in [0.717, 1.165) is 11.1 Å². The highest BCUT2D eigenvalue weighted by molar-refractivity contribution is 5.98. The topological polar surface area (TPSA) is 88.8 Å². The maximum atomic E-state index is 13.4. The van der Waals surface area contributed by atoms with E-state index in [4.69, 9.17) is 9.15 Å². The molecular weight excluding hydrogens is 413 g/mol. The second kappa shape index (κ2) is 8.93. The van der Waals surface area contributed by atoms with Crippen LogP contribution in [0.15, 0.2) is 77.2 Å². The number of carboxylic acid groups (broad SMARTS) is 1. The van der Waals surface area contributed by atoms with Crippen molar-refractivity contribution in [3.8, 4) is 16.9 Å². The zero-order valence-electron chi connectivity index (χ0n) is 17.2. The number of halogens is 1. The molecule has 32 heavy (non-hydrogen) atoms. The van der Waals surface area contributed by atoms with Crippen LogP contribution in [0, 0.1) is 5.82 Å². The number of methoxy groups -OCH3 is 1. The van der Waals surface area contributed by atoms with Crippen LogP contribution in [-0.2, 0) is 11.2 Å². The van der Waals surface area contributed by atoms with E-state index < -0.39 is 17.9 Å². The number of benzene rings is 3. The van der Waals surface area contributed by atoms with Gasteiger partial charge in [-0.2, -0.15) is 0 Å². The van der Waals surface area contributed by atoms with Crippen molar-refractivity contribution < 1.29 is 28.2 Å². The second-order valence-corrected chi connectivity index (χ2v) is 7.29. The Morgan fingerprint density at radius 2 is 1.81 bits per heavy atom. The Hall–Kier alpha value is -4.13. The fourth-order valence-electron chi connectivity index (χ4n) is 3.43. The minimum absolute atomic E-state index is 0.0148. The van der Waals surface area contributed by atoms with Gasteiger partial charge >= 0.3 is 5.97 Å². The van der Waals surface area contributed by atoms with Crippen molar-refractivity contribution in [1.82, 2.24) is 5.32 Å². The van der Waals surface area contributed by atoms with Gasteiger partial charge in [-0.1, -0.05) is 36.4 Å². The molecule has 3 aromatic carbocycles. The first-order valence-electron chi connectivity index (χ1n) is 9.89. The molecule has 4 rings (SSSR count). The quantitative estimate of drug-likeness (QED) is 0.442. The Morgan fingerprint density at radius 3 is 2.50 bits per heavy atom. The summed E-state index contributed by atoms with van der Waals surface area (Å²) in [6.45, 7) is 0. The molecule has 6 nitrogen and oxygen atoms in total. The van der Waals surface area contributed by atoms with Crippen LogP contribution in [0.1, 0.15) is 16.1 Å². The molecular formula is C25H20FNO5. The van der Waals surface area contributed by atoms with Crippen LogP contribution >= 0.6 is 0 Å². The fourth-order valence-corrected chi connectivity index (χ4v) is 3.43. The molecule has 0 saturated heterocycles. The molecule has 1 aromatic heterocycles. The van der Waals surface area contributed by atoms with Gasteiger partial charge in [0, 0.05) is 11.8 Å². The first-order valence-corrected chi connectivity index (χ1v) is 9.89. The molecule has 1 amide bonds. The van der Waals surface area contributed by atoms with Crippen molar-refractivity contribution in [3.05, 3.63) is 89.9 Å². The van der Waals surface area contributed by atoms with Crippen molar-refractivity contribution in [2.24, 2.45) is 0 Å². The standard InChI is InChI=1S/C25H20FNO5/c1-31-20-9-10-22-18(13-20)14-23(32-22)24(28)27-21(25(29)30)11-15-5-7-16(8-6-15)17-3-2-4-19(26)12-17/h2-10,12-14,21H,11H2,1H3,(H,27,28)(H,29,30). The van der Waals surface area contributed by atoms with Crippen LogP contribution in [0.5, 0.6) is 5.75 Å². The van der Waals surface area contributed by atoms with Crippen LogP contribution in [0.3, 0.4) is 0 Å². The minimum atomic E-state index is -1.16. The summed E-state index contributed by atoms with van der Waals surface area (Å²) >= 11 is 0. The Bertz CT molecular complexity index is 1280. The number of ether oxygens (including phenoxy) is 1. The lowest BCUT2D eigenvalue weighted by Gasteiger charge is -2.14. The van der Waals surface area contributed by atoms with Gasteiger partial charge in [-0.3, -0.25) is 4.79 Å². The number of hydrogen-bond donors (Lipinski definition) is 2. The van der Waals surface area contributed by atoms with Crippen LogP contribution in [0.2, 0.25) is 0 Å². The third kappa shape index (κ3) is 4.62. The van der Waals surface area contributed by atoms with E-state index in [2.05, 4.69) is 5.32 Å². The number of furan rings is 1. The normalized spacial score (nSPS) is 11.8. The molecule has 0 spiro atoms. The van der Waals surface area contributed by atoms with Crippen molar-refractivity contribution in [2.45, 2.75) is 12.5 Å². The number of fused-ring (bicyclic) bond motifs is 1. The predicted molar refractivity (Wildman–Crippen MR) is 117 cm³/mol. The maximum absolute atomic E-state index is 13.4. The summed E-state index contributed by atoms with van der Waals surface area (Å²) in [5, 5.41) is 12.8. The lowest BCUT2D eigenvalue weighted by Crippen LogP contribution is -2.42. The molecule has 162 valence electrons. The highest BCUT2D eigenvalue weighted by Crippen LogP contribution is 2.24. The summed E-state index contributed by atoms with van der Waals surface area (Å²) in [7, 11) is 1.54. The molecule has 0 aliphatic carbocycles. The molecule has 2 N–H and O–H groups in total. The zero-order valence-corrected chi connectivity index (χ0v) is 17.2. The number of carboxylic acids is 1. The first-order chi connectivity index (χ1) is 15.4. The highest BCUT2D eigenvalue weighted by atomic mass is 19.1. The van der Waals surface area contributed by atoms with Crippen LogP contribution in [-0.4, -0.2) is 30.1 Å². The molecule has 0 saturated carbocycles. The second-order valence-electron chi connectivity index (χ2n) is 7.29. The summed E-state index contributed by atoms with van der Waals surface area (Å²) in [6.07, 6.45) is 0.0819. The zero-order chi connectivity index (χ0) is 22.7. The third-order valence-electron chi connectivity index (χ3n) is 5.10. The van der Waals surface area contributed by atoms with Crippen molar-refractivity contribution >= 4 is 22.8 Å². The molecule has 0 aliphatic rings. The molecule has 0 aliphatic heterocycles. The Kier molecular flexibility index (Phi) is 5.89. The summed E-state index contributed by atoms with van der Waals surface area (Å²) in [4.78, 5) is 24.4. The average molecular weight is 433 g/mol. The lowest BCUT2D eigenvalue weighted by atomic mass is 10.0. The Labute approximate surface area is 183 Å². The number of nitrogens with one attached hydrogen (secondary N) is 1. The third-order valence-corrected chi connectivity index (χ3v) is 5.10. The monoisotopic (exact) mass is 433 g/mol. The van der Waals surface area contributed by atoms with E-state index in [1.807, 2.05) is 0 Å². The van der Waals surface area contributed by atoms with Gasteiger partial charge in [0.05, 0.1) is 7.11 Å². The van der Waals surface area contributed by atoms with E-state index in [1.165, 1.54) is 19.2 Å². The van der Waals surface area contributed by atoms with Gasteiger partial charge in [-0.05, 0) is 53.1 Å². The summed E-state index contributed by atoms with van der Waals surface area (Å²) in [5.74, 6) is -1.48. The first kappa shape index (κ1) is 21.1. The van der Waals surface area contributed by atoms with Gasteiger partial charge < -0.3 is 19.6 Å². The van der Waals surface area contributed by atoms with E-state index >= 15 is 0 Å². The smallest absolute Gasteiger partial charge is 0.326 e. The van der Waals surface area contributed by atoms with Crippen molar-refractivity contribution in [2.75, 3.05) is 7.11 Å². The molecule has 1 heterocycles. The van der Waals surface area contributed by atoms with E-state index in [1.54, 1.807) is 60.7 Å². The number of carbonyl (C=O) groups excluding carboxylic acids is 1. The Balaban J connectivity index is 1.48. The van der Waals surface area contributed by atoms with E-state index in [9.17, 15) is 19.1 Å². The Morgan fingerprint density at radius 1 is 1.03 bits per heavy atom. The molecule has 0 radical (unpaired) electrons. The maximum Gasteiger partial charge on any atom is 0.326 e. The molecule has 1 atom stereocenters. The average Bonchev–Trinajstić information content (AvgIpc) is 3.22. The summed E-state index contributed by atoms with van der Waals surface area (Å²) in [5.41, 5.74) is 2.74. The van der Waals surface area contributed by atoms with Gasteiger partial charge in [-0.15, -0.1) is 0 Å². The van der Waals surface area contributed by atoms with Crippen molar-refractivity contribution in [3.63, 3.8) is 0 Å². The summed E-state index contributed by atoms with van der Waals surface area (Å²) < 4.78 is 24.1. The molecule has 7 heteroatoms. The molecule has 0 bridgehead atoms. The van der Waals surface area contributed by atoms with Gasteiger partial charge in [0.25, 0.3) is 5.91 Å². The number of amides is 1. The molecule has 1 unspecified atom stereocenters. The number of rotatable bonds is 7. The SMILES string of the molecule is COc1ccc2oc(C(=O)NC(Cc3ccc(-c4cccc(F)c4)cc3)C(=O)O)cc2c1. The highest BCUT2D eigenvalue weighted by Gasteiger charge is 2.23. The largest absolute Gasteiger partial charge is 0.497 e. The molecule has 0 fully saturated rings. The molecule has 4 aromatic rings. The van der Waals surface area contributed by atoms with Crippen LogP contribution in [0.25, 0.3) is 22.1 Å². The van der Waals surface area contributed by atoms with Crippen LogP contribution in [0.4, 0.5) is 4.39 Å². The predicted octanol–water partition coefficient (Wildman–Crippen LogP) is 4.67. The van der Waals surface area contributed by atoms with Crippen molar-refractivity contribution in [1.29, 1.82) is 0 Å².